The smallest absolute Gasteiger partial charge is 0.306 e. The van der Waals surface area contributed by atoms with Crippen LogP contribution in [0.4, 0.5) is 0 Å². The number of carbonyl (C=O) groups excluding carboxylic acids is 1. The molecule has 4 rings (SSSR count). The van der Waals surface area contributed by atoms with Gasteiger partial charge in [-0.2, -0.15) is 0 Å². The van der Waals surface area contributed by atoms with E-state index in [9.17, 15) is 9.59 Å². The van der Waals surface area contributed by atoms with Crippen molar-refractivity contribution in [2.45, 2.75) is 25.3 Å². The molecule has 0 saturated heterocycles. The lowest BCUT2D eigenvalue weighted by atomic mass is 10.1. The predicted molar refractivity (Wildman–Crippen MR) is 93.6 cm³/mol. The van der Waals surface area contributed by atoms with E-state index in [1.54, 1.807) is 12.1 Å². The number of para-hydroxylation sites is 1. The van der Waals surface area contributed by atoms with E-state index in [1.807, 2.05) is 24.3 Å². The standard InChI is InChI=1S/C18H16N2O4S/c21-16(19-11-6-5-10(9-11)18(22)23)13-7-8-14(24-13)17-20-12-3-1-2-4-15(12)25-17/h1-4,7-8,10-11H,5-6,9H2,(H,19,21)(H,22,23)/t10-,11+/m1/s1. The second-order valence-electron chi connectivity index (χ2n) is 6.17. The van der Waals surface area contributed by atoms with Crippen molar-refractivity contribution in [3.05, 3.63) is 42.2 Å². The summed E-state index contributed by atoms with van der Waals surface area (Å²) in [6, 6.07) is 11.1. The average molecular weight is 356 g/mol. The molecule has 7 heteroatoms. The molecule has 2 atom stereocenters. The van der Waals surface area contributed by atoms with E-state index in [-0.39, 0.29) is 23.6 Å². The highest BCUT2D eigenvalue weighted by molar-refractivity contribution is 7.21. The Kier molecular flexibility index (Phi) is 4.01. The number of nitrogens with zero attached hydrogens (tertiary/aromatic N) is 1. The largest absolute Gasteiger partial charge is 0.481 e. The number of amides is 1. The Bertz CT molecular complexity index is 912. The van der Waals surface area contributed by atoms with Crippen LogP contribution in [-0.2, 0) is 4.79 Å². The summed E-state index contributed by atoms with van der Waals surface area (Å²) in [5.74, 6) is -0.717. The molecule has 2 heterocycles. The van der Waals surface area contributed by atoms with Gasteiger partial charge in [0.05, 0.1) is 16.1 Å². The Morgan fingerprint density at radius 3 is 2.80 bits per heavy atom. The number of carboxylic acid groups (broad SMARTS) is 1. The Balaban J connectivity index is 1.47. The number of aliphatic carboxylic acids is 1. The van der Waals surface area contributed by atoms with Crippen molar-refractivity contribution in [2.75, 3.05) is 0 Å². The predicted octanol–water partition coefficient (Wildman–Crippen LogP) is 3.54. The average Bonchev–Trinajstić information content (AvgIpc) is 3.32. The number of nitrogens with one attached hydrogen (secondary N) is 1. The lowest BCUT2D eigenvalue weighted by Crippen LogP contribution is -2.33. The van der Waals surface area contributed by atoms with Crippen molar-refractivity contribution in [2.24, 2.45) is 5.92 Å². The van der Waals surface area contributed by atoms with Gasteiger partial charge in [0.25, 0.3) is 5.91 Å². The number of hydrogen-bond donors (Lipinski definition) is 2. The lowest BCUT2D eigenvalue weighted by molar-refractivity contribution is -0.141. The van der Waals surface area contributed by atoms with Crippen LogP contribution in [-0.4, -0.2) is 28.0 Å². The van der Waals surface area contributed by atoms with Crippen LogP contribution in [0.2, 0.25) is 0 Å². The molecule has 1 aromatic carbocycles. The summed E-state index contributed by atoms with van der Waals surface area (Å²) in [4.78, 5) is 27.8. The summed E-state index contributed by atoms with van der Waals surface area (Å²) in [5, 5.41) is 12.6. The van der Waals surface area contributed by atoms with Gasteiger partial charge >= 0.3 is 5.97 Å². The molecule has 1 saturated carbocycles. The molecule has 1 amide bonds. The molecule has 25 heavy (non-hydrogen) atoms. The number of hydrogen-bond acceptors (Lipinski definition) is 5. The van der Waals surface area contributed by atoms with E-state index >= 15 is 0 Å². The van der Waals surface area contributed by atoms with Gasteiger partial charge in [-0.05, 0) is 43.5 Å². The number of carboxylic acids is 1. The fourth-order valence-electron chi connectivity index (χ4n) is 3.15. The van der Waals surface area contributed by atoms with E-state index in [0.717, 1.165) is 15.2 Å². The van der Waals surface area contributed by atoms with Crippen LogP contribution in [0.1, 0.15) is 29.8 Å². The second kappa shape index (κ2) is 6.33. The molecular weight excluding hydrogens is 340 g/mol. The number of furan rings is 1. The first-order chi connectivity index (χ1) is 12.1. The summed E-state index contributed by atoms with van der Waals surface area (Å²) >= 11 is 1.51. The normalized spacial score (nSPS) is 20.0. The molecule has 1 aliphatic carbocycles. The van der Waals surface area contributed by atoms with Crippen LogP contribution in [0.3, 0.4) is 0 Å². The van der Waals surface area contributed by atoms with Gasteiger partial charge in [-0.25, -0.2) is 4.98 Å². The molecule has 0 aliphatic heterocycles. The van der Waals surface area contributed by atoms with Crippen molar-refractivity contribution in [1.82, 2.24) is 10.3 Å². The molecule has 0 spiro atoms. The molecule has 3 aromatic rings. The minimum absolute atomic E-state index is 0.121. The van der Waals surface area contributed by atoms with Crippen LogP contribution in [0.25, 0.3) is 21.0 Å². The van der Waals surface area contributed by atoms with Gasteiger partial charge in [0.2, 0.25) is 0 Å². The second-order valence-corrected chi connectivity index (χ2v) is 7.20. The third kappa shape index (κ3) is 3.15. The van der Waals surface area contributed by atoms with Crippen LogP contribution in [0.5, 0.6) is 0 Å². The molecule has 2 aromatic heterocycles. The van der Waals surface area contributed by atoms with Crippen molar-refractivity contribution < 1.29 is 19.1 Å². The molecule has 128 valence electrons. The van der Waals surface area contributed by atoms with E-state index in [1.165, 1.54) is 11.3 Å². The van der Waals surface area contributed by atoms with E-state index in [4.69, 9.17) is 9.52 Å². The van der Waals surface area contributed by atoms with Gasteiger partial charge < -0.3 is 14.8 Å². The highest BCUT2D eigenvalue weighted by Gasteiger charge is 2.31. The van der Waals surface area contributed by atoms with Crippen LogP contribution >= 0.6 is 11.3 Å². The van der Waals surface area contributed by atoms with Gasteiger partial charge in [-0.1, -0.05) is 12.1 Å². The van der Waals surface area contributed by atoms with Gasteiger partial charge in [-0.15, -0.1) is 11.3 Å². The molecule has 1 fully saturated rings. The molecule has 2 N–H and O–H groups in total. The third-order valence-corrected chi connectivity index (χ3v) is 5.50. The number of rotatable bonds is 4. The van der Waals surface area contributed by atoms with Crippen LogP contribution < -0.4 is 5.32 Å². The minimum Gasteiger partial charge on any atom is -0.481 e. The van der Waals surface area contributed by atoms with Gasteiger partial charge in [0.1, 0.15) is 0 Å². The summed E-state index contributed by atoms with van der Waals surface area (Å²) in [6.45, 7) is 0. The summed E-state index contributed by atoms with van der Waals surface area (Å²) in [7, 11) is 0. The SMILES string of the molecule is O=C(N[C@H]1CC[C@@H](C(=O)O)C1)c1ccc(-c2nc3ccccc3s2)o1. The number of carbonyl (C=O) groups is 2. The molecule has 0 radical (unpaired) electrons. The van der Waals surface area contributed by atoms with Crippen LogP contribution in [0, 0.1) is 5.92 Å². The number of benzene rings is 1. The Labute approximate surface area is 147 Å². The van der Waals surface area contributed by atoms with E-state index < -0.39 is 5.97 Å². The third-order valence-electron chi connectivity index (χ3n) is 4.45. The molecule has 0 bridgehead atoms. The zero-order valence-corrected chi connectivity index (χ0v) is 14.1. The highest BCUT2D eigenvalue weighted by Crippen LogP contribution is 2.31. The lowest BCUT2D eigenvalue weighted by Gasteiger charge is -2.10. The zero-order chi connectivity index (χ0) is 17.4. The Morgan fingerprint density at radius 1 is 1.20 bits per heavy atom. The highest BCUT2D eigenvalue weighted by atomic mass is 32.1. The molecule has 6 nitrogen and oxygen atoms in total. The van der Waals surface area contributed by atoms with Crippen molar-refractivity contribution >= 4 is 33.4 Å². The monoisotopic (exact) mass is 356 g/mol. The Morgan fingerprint density at radius 2 is 2.04 bits per heavy atom. The fraction of sp³-hybridized carbons (Fsp3) is 0.278. The van der Waals surface area contributed by atoms with E-state index in [2.05, 4.69) is 10.3 Å². The van der Waals surface area contributed by atoms with Gasteiger partial charge in [0.15, 0.2) is 16.5 Å². The maximum atomic E-state index is 12.3. The Hall–Kier alpha value is -2.67. The number of thiazole rings is 1. The maximum Gasteiger partial charge on any atom is 0.306 e. The van der Waals surface area contributed by atoms with E-state index in [0.29, 0.717) is 25.0 Å². The summed E-state index contributed by atoms with van der Waals surface area (Å²) in [5.41, 5.74) is 0.899. The fourth-order valence-corrected chi connectivity index (χ4v) is 4.07. The minimum atomic E-state index is -0.798. The van der Waals surface area contributed by atoms with Crippen molar-refractivity contribution in [3.8, 4) is 10.8 Å². The summed E-state index contributed by atoms with van der Waals surface area (Å²) < 4.78 is 6.73. The van der Waals surface area contributed by atoms with Crippen molar-refractivity contribution in [3.63, 3.8) is 0 Å². The van der Waals surface area contributed by atoms with Gasteiger partial charge in [-0.3, -0.25) is 9.59 Å². The summed E-state index contributed by atoms with van der Waals surface area (Å²) in [6.07, 6.45) is 1.73. The molecule has 0 unspecified atom stereocenters. The zero-order valence-electron chi connectivity index (χ0n) is 13.3. The first-order valence-electron chi connectivity index (χ1n) is 8.09. The quantitative estimate of drug-likeness (QED) is 0.746. The molecular formula is C18H16N2O4S. The van der Waals surface area contributed by atoms with Crippen LogP contribution in [0.15, 0.2) is 40.8 Å². The number of fused-ring (bicyclic) bond motifs is 1. The topological polar surface area (TPSA) is 92.4 Å². The maximum absolute atomic E-state index is 12.3. The first-order valence-corrected chi connectivity index (χ1v) is 8.91. The molecule has 1 aliphatic rings. The first kappa shape index (κ1) is 15.8. The van der Waals surface area contributed by atoms with Gasteiger partial charge in [0, 0.05) is 6.04 Å². The number of aromatic nitrogens is 1. The van der Waals surface area contributed by atoms with Crippen molar-refractivity contribution in [1.29, 1.82) is 0 Å².